The number of esters is 1. The first-order chi connectivity index (χ1) is 8.60. The molecule has 0 fully saturated rings. The number of rotatable bonds is 3. The minimum atomic E-state index is -0.678. The number of carbonyl (C=O) groups excluding carboxylic acids is 1. The monoisotopic (exact) mass is 314 g/mol. The molecule has 0 radical (unpaired) electrons. The van der Waals surface area contributed by atoms with Gasteiger partial charge in [0.1, 0.15) is 5.82 Å². The van der Waals surface area contributed by atoms with Gasteiger partial charge in [-0.05, 0) is 30.3 Å². The lowest BCUT2D eigenvalue weighted by Gasteiger charge is -1.96. The Balaban J connectivity index is 2.32. The minimum Gasteiger partial charge on any atom is -0.460 e. The molecule has 0 saturated carbocycles. The molecule has 0 N–H and O–H groups in total. The van der Waals surface area contributed by atoms with E-state index in [4.69, 9.17) is 9.26 Å². The number of benzene rings is 1. The van der Waals surface area contributed by atoms with Gasteiger partial charge < -0.3 is 9.26 Å². The first-order valence-corrected chi connectivity index (χ1v) is 5.86. The van der Waals surface area contributed by atoms with Crippen molar-refractivity contribution in [3.8, 4) is 11.5 Å². The zero-order chi connectivity index (χ0) is 13.1. The lowest BCUT2D eigenvalue weighted by molar-refractivity contribution is 0.0508. The zero-order valence-corrected chi connectivity index (χ0v) is 10.9. The van der Waals surface area contributed by atoms with E-state index in [2.05, 4.69) is 26.1 Å². The maximum absolute atomic E-state index is 13.2. The smallest absolute Gasteiger partial charge is 0.379 e. The predicted octanol–water partition coefficient (Wildman–Crippen LogP) is 2.81. The van der Waals surface area contributed by atoms with E-state index in [1.54, 1.807) is 13.0 Å². The molecule has 0 bridgehead atoms. The van der Waals surface area contributed by atoms with Crippen LogP contribution in [0.2, 0.25) is 0 Å². The molecular weight excluding hydrogens is 307 g/mol. The zero-order valence-electron chi connectivity index (χ0n) is 9.31. The highest BCUT2D eigenvalue weighted by Crippen LogP contribution is 2.23. The fourth-order valence-electron chi connectivity index (χ4n) is 1.30. The fraction of sp³-hybridized carbons (Fsp3) is 0.182. The molecule has 18 heavy (non-hydrogen) atoms. The molecule has 0 spiro atoms. The molecule has 0 aliphatic carbocycles. The Morgan fingerprint density at radius 2 is 2.28 bits per heavy atom. The van der Waals surface area contributed by atoms with Crippen LogP contribution in [0.4, 0.5) is 4.39 Å². The minimum absolute atomic E-state index is 0.0539. The molecule has 0 aliphatic rings. The average Bonchev–Trinajstić information content (AvgIpc) is 2.77. The van der Waals surface area contributed by atoms with Gasteiger partial charge in [0.15, 0.2) is 0 Å². The largest absolute Gasteiger partial charge is 0.460 e. The van der Waals surface area contributed by atoms with Gasteiger partial charge in [-0.25, -0.2) is 9.18 Å². The molecular formula is C11H8BrFN2O3. The Morgan fingerprint density at radius 1 is 1.50 bits per heavy atom. The van der Waals surface area contributed by atoms with E-state index in [0.29, 0.717) is 10.0 Å². The van der Waals surface area contributed by atoms with Crippen molar-refractivity contribution in [1.82, 2.24) is 10.1 Å². The maximum Gasteiger partial charge on any atom is 0.379 e. The first-order valence-electron chi connectivity index (χ1n) is 5.07. The Kier molecular flexibility index (Phi) is 3.71. The molecule has 1 heterocycles. The third-order valence-corrected chi connectivity index (χ3v) is 2.45. The van der Waals surface area contributed by atoms with E-state index in [9.17, 15) is 9.18 Å². The van der Waals surface area contributed by atoms with Gasteiger partial charge in [0.2, 0.25) is 0 Å². The number of aromatic nitrogens is 2. The van der Waals surface area contributed by atoms with Gasteiger partial charge in [-0.3, -0.25) is 0 Å². The topological polar surface area (TPSA) is 65.2 Å². The summed E-state index contributed by atoms with van der Waals surface area (Å²) in [7, 11) is 0. The van der Waals surface area contributed by atoms with E-state index in [0.717, 1.165) is 0 Å². The van der Waals surface area contributed by atoms with Crippen molar-refractivity contribution in [1.29, 1.82) is 0 Å². The maximum atomic E-state index is 13.2. The summed E-state index contributed by atoms with van der Waals surface area (Å²) in [5.41, 5.74) is 0.380. The highest BCUT2D eigenvalue weighted by Gasteiger charge is 2.17. The third kappa shape index (κ3) is 2.73. The molecule has 94 valence electrons. The van der Waals surface area contributed by atoms with Gasteiger partial charge in [0, 0.05) is 10.0 Å². The summed E-state index contributed by atoms with van der Waals surface area (Å²) in [6.07, 6.45) is 0. The van der Waals surface area contributed by atoms with E-state index < -0.39 is 11.8 Å². The summed E-state index contributed by atoms with van der Waals surface area (Å²) in [6, 6.07) is 4.13. The van der Waals surface area contributed by atoms with Crippen molar-refractivity contribution < 1.29 is 18.4 Å². The van der Waals surface area contributed by atoms with Crippen molar-refractivity contribution in [2.45, 2.75) is 6.92 Å². The highest BCUT2D eigenvalue weighted by atomic mass is 79.9. The molecule has 0 unspecified atom stereocenters. The number of hydrogen-bond donors (Lipinski definition) is 0. The van der Waals surface area contributed by atoms with Crippen molar-refractivity contribution in [3.63, 3.8) is 0 Å². The van der Waals surface area contributed by atoms with E-state index in [1.807, 2.05) is 0 Å². The van der Waals surface area contributed by atoms with Crippen molar-refractivity contribution in [2.24, 2.45) is 0 Å². The summed E-state index contributed by atoms with van der Waals surface area (Å²) in [5, 5.41) is 3.47. The first kappa shape index (κ1) is 12.7. The molecule has 2 aromatic rings. The Labute approximate surface area is 110 Å². The van der Waals surface area contributed by atoms with Crippen LogP contribution in [0.15, 0.2) is 27.2 Å². The van der Waals surface area contributed by atoms with Gasteiger partial charge in [0.05, 0.1) is 6.61 Å². The van der Waals surface area contributed by atoms with Crippen LogP contribution in [0.3, 0.4) is 0 Å². The molecule has 5 nitrogen and oxygen atoms in total. The quantitative estimate of drug-likeness (QED) is 0.815. The standard InChI is InChI=1S/C11H8BrFN2O3/c1-2-17-11(16)9-14-10(18-15-9)6-3-7(12)5-8(13)4-6/h3-5H,2H2,1H3. The van der Waals surface area contributed by atoms with Gasteiger partial charge in [-0.1, -0.05) is 15.9 Å². The van der Waals surface area contributed by atoms with Crippen LogP contribution < -0.4 is 0 Å². The summed E-state index contributed by atoms with van der Waals surface area (Å²) >= 11 is 3.15. The second-order valence-electron chi connectivity index (χ2n) is 3.30. The van der Waals surface area contributed by atoms with Gasteiger partial charge in [-0.2, -0.15) is 4.98 Å². The lowest BCUT2D eigenvalue weighted by Crippen LogP contribution is -2.06. The van der Waals surface area contributed by atoms with Crippen LogP contribution in [-0.2, 0) is 4.74 Å². The molecule has 0 amide bonds. The second-order valence-corrected chi connectivity index (χ2v) is 4.22. The normalized spacial score (nSPS) is 10.4. The van der Waals surface area contributed by atoms with Crippen LogP contribution >= 0.6 is 15.9 Å². The SMILES string of the molecule is CCOC(=O)c1noc(-c2cc(F)cc(Br)c2)n1. The molecule has 2 rings (SSSR count). The van der Waals surface area contributed by atoms with Crippen LogP contribution in [0.25, 0.3) is 11.5 Å². The fourth-order valence-corrected chi connectivity index (χ4v) is 1.76. The average molecular weight is 315 g/mol. The van der Waals surface area contributed by atoms with Gasteiger partial charge >= 0.3 is 5.97 Å². The number of nitrogens with zero attached hydrogens (tertiary/aromatic N) is 2. The number of ether oxygens (including phenoxy) is 1. The van der Waals surface area contributed by atoms with E-state index in [1.165, 1.54) is 12.1 Å². The third-order valence-electron chi connectivity index (χ3n) is 1.99. The highest BCUT2D eigenvalue weighted by molar-refractivity contribution is 9.10. The number of halogens is 2. The van der Waals surface area contributed by atoms with Gasteiger partial charge in [-0.15, -0.1) is 0 Å². The second kappa shape index (κ2) is 5.26. The van der Waals surface area contributed by atoms with Crippen molar-refractivity contribution in [2.75, 3.05) is 6.61 Å². The lowest BCUT2D eigenvalue weighted by atomic mass is 10.2. The Hall–Kier alpha value is -1.76. The van der Waals surface area contributed by atoms with E-state index in [-0.39, 0.29) is 18.3 Å². The van der Waals surface area contributed by atoms with Gasteiger partial charge in [0.25, 0.3) is 11.7 Å². The summed E-state index contributed by atoms with van der Waals surface area (Å²) < 4.78 is 23.3. The number of hydrogen-bond acceptors (Lipinski definition) is 5. The Morgan fingerprint density at radius 3 is 2.94 bits per heavy atom. The summed E-state index contributed by atoms with van der Waals surface area (Å²) in [5.74, 6) is -1.26. The molecule has 1 aromatic carbocycles. The molecule has 0 aliphatic heterocycles. The van der Waals surface area contributed by atoms with Crippen LogP contribution in [0.5, 0.6) is 0 Å². The number of carbonyl (C=O) groups is 1. The molecule has 0 saturated heterocycles. The molecule has 0 atom stereocenters. The van der Waals surface area contributed by atoms with Crippen molar-refractivity contribution in [3.05, 3.63) is 34.3 Å². The predicted molar refractivity (Wildman–Crippen MR) is 63.3 cm³/mol. The Bertz CT molecular complexity index is 565. The molecule has 1 aromatic heterocycles. The van der Waals surface area contributed by atoms with Crippen LogP contribution in [0.1, 0.15) is 17.5 Å². The summed E-state index contributed by atoms with van der Waals surface area (Å²) in [6.45, 7) is 1.89. The van der Waals surface area contributed by atoms with Crippen LogP contribution in [-0.4, -0.2) is 22.7 Å². The summed E-state index contributed by atoms with van der Waals surface area (Å²) in [4.78, 5) is 15.2. The van der Waals surface area contributed by atoms with Crippen LogP contribution in [0, 0.1) is 5.82 Å². The van der Waals surface area contributed by atoms with E-state index >= 15 is 0 Å². The van der Waals surface area contributed by atoms with Crippen molar-refractivity contribution >= 4 is 21.9 Å². The molecule has 7 heteroatoms.